The lowest BCUT2D eigenvalue weighted by Crippen LogP contribution is -2.51. The minimum absolute atomic E-state index is 0.158. The number of hydrogen-bond acceptors (Lipinski definition) is 3. The molecular weight excluding hydrogens is 168 g/mol. The van der Waals surface area contributed by atoms with Crippen LogP contribution >= 0.6 is 0 Å². The Bertz CT molecular complexity index is 218. The molecule has 76 valence electrons. The van der Waals surface area contributed by atoms with Crippen LogP contribution in [0.3, 0.4) is 0 Å². The lowest BCUT2D eigenvalue weighted by Gasteiger charge is -2.37. The topological polar surface area (TPSA) is 42.0 Å². The summed E-state index contributed by atoms with van der Waals surface area (Å²) >= 11 is 0. The zero-order valence-electron chi connectivity index (χ0n) is 8.54. The van der Waals surface area contributed by atoms with Crippen molar-refractivity contribution in [3.8, 4) is 0 Å². The van der Waals surface area contributed by atoms with E-state index >= 15 is 0 Å². The molecule has 4 unspecified atom stereocenters. The van der Waals surface area contributed by atoms with Gasteiger partial charge in [0.25, 0.3) is 0 Å². The fraction of sp³-hybridized carbons (Fsp3) is 1.00. The molecule has 1 heterocycles. The first-order valence-corrected chi connectivity index (χ1v) is 4.99. The van der Waals surface area contributed by atoms with Crippen LogP contribution in [0.15, 0.2) is 0 Å². The molecule has 4 atom stereocenters. The Morgan fingerprint density at radius 1 is 1.62 bits per heavy atom. The van der Waals surface area contributed by atoms with Gasteiger partial charge < -0.3 is 14.6 Å². The van der Waals surface area contributed by atoms with Gasteiger partial charge in [0.05, 0.1) is 17.8 Å². The minimum atomic E-state index is -0.684. The molecule has 0 spiro atoms. The van der Waals surface area contributed by atoms with Gasteiger partial charge >= 0.3 is 0 Å². The van der Waals surface area contributed by atoms with Crippen molar-refractivity contribution in [2.45, 2.75) is 56.5 Å². The van der Waals surface area contributed by atoms with Crippen LogP contribution in [0.2, 0.25) is 0 Å². The van der Waals surface area contributed by atoms with Crippen LogP contribution in [-0.2, 0) is 9.47 Å². The maximum absolute atomic E-state index is 10.3. The first-order chi connectivity index (χ1) is 6.05. The van der Waals surface area contributed by atoms with E-state index in [0.29, 0.717) is 6.42 Å². The highest BCUT2D eigenvalue weighted by Crippen LogP contribution is 2.54. The van der Waals surface area contributed by atoms with Crippen LogP contribution in [0, 0.1) is 0 Å². The number of aliphatic hydroxyl groups is 1. The predicted molar refractivity (Wildman–Crippen MR) is 48.5 cm³/mol. The third-order valence-corrected chi connectivity index (χ3v) is 3.83. The highest BCUT2D eigenvalue weighted by molar-refractivity contribution is 5.17. The van der Waals surface area contributed by atoms with Crippen LogP contribution in [0.4, 0.5) is 0 Å². The molecule has 2 fully saturated rings. The van der Waals surface area contributed by atoms with Gasteiger partial charge in [-0.05, 0) is 13.3 Å². The molecule has 0 bridgehead atoms. The molecule has 1 aliphatic carbocycles. The average molecular weight is 186 g/mol. The summed E-state index contributed by atoms with van der Waals surface area (Å²) in [5.74, 6) is 0. The maximum Gasteiger partial charge on any atom is 0.121 e. The van der Waals surface area contributed by atoms with Crippen molar-refractivity contribution in [2.24, 2.45) is 0 Å². The van der Waals surface area contributed by atoms with Gasteiger partial charge in [-0.3, -0.25) is 0 Å². The highest BCUT2D eigenvalue weighted by Gasteiger charge is 2.68. The second-order valence-electron chi connectivity index (χ2n) is 4.40. The molecule has 0 radical (unpaired) electrons. The third kappa shape index (κ3) is 1.14. The summed E-state index contributed by atoms with van der Waals surface area (Å²) in [7, 11) is 1.70. The van der Waals surface area contributed by atoms with Gasteiger partial charge in [0.2, 0.25) is 0 Å². The van der Waals surface area contributed by atoms with E-state index in [-0.39, 0.29) is 17.8 Å². The predicted octanol–water partition coefficient (Wildman–Crippen LogP) is 1.09. The maximum atomic E-state index is 10.3. The molecule has 13 heavy (non-hydrogen) atoms. The Morgan fingerprint density at radius 2 is 2.31 bits per heavy atom. The second-order valence-corrected chi connectivity index (χ2v) is 4.40. The molecule has 1 saturated heterocycles. The molecule has 1 saturated carbocycles. The molecule has 3 heteroatoms. The van der Waals surface area contributed by atoms with E-state index in [9.17, 15) is 5.11 Å². The highest BCUT2D eigenvalue weighted by atomic mass is 16.6. The average Bonchev–Trinajstić information content (AvgIpc) is 2.78. The van der Waals surface area contributed by atoms with E-state index in [1.54, 1.807) is 7.11 Å². The second kappa shape index (κ2) is 2.69. The smallest absolute Gasteiger partial charge is 0.121 e. The summed E-state index contributed by atoms with van der Waals surface area (Å²) < 4.78 is 10.9. The molecular formula is C10H18O3. The van der Waals surface area contributed by atoms with E-state index in [4.69, 9.17) is 9.47 Å². The third-order valence-electron chi connectivity index (χ3n) is 3.83. The fourth-order valence-corrected chi connectivity index (χ4v) is 2.52. The summed E-state index contributed by atoms with van der Waals surface area (Å²) in [6, 6.07) is 0. The first-order valence-electron chi connectivity index (χ1n) is 4.99. The van der Waals surface area contributed by atoms with Crippen molar-refractivity contribution in [1.82, 2.24) is 0 Å². The van der Waals surface area contributed by atoms with Crippen LogP contribution in [-0.4, -0.2) is 35.6 Å². The Hall–Kier alpha value is -0.120. The summed E-state index contributed by atoms with van der Waals surface area (Å²) in [5, 5.41) is 10.3. The van der Waals surface area contributed by atoms with E-state index in [2.05, 4.69) is 0 Å². The quantitative estimate of drug-likeness (QED) is 0.656. The largest absolute Gasteiger partial charge is 0.387 e. The monoisotopic (exact) mass is 186 g/mol. The summed E-state index contributed by atoms with van der Waals surface area (Å²) in [6.45, 7) is 4.01. The Morgan fingerprint density at radius 3 is 2.85 bits per heavy atom. The standard InChI is InChI=1S/C10H18O3/c1-4-10(11)6-7(12-3)5-8-9(10,2)13-8/h7-8,11H,4-6H2,1-3H3. The van der Waals surface area contributed by atoms with Gasteiger partial charge in [-0.1, -0.05) is 6.92 Å². The van der Waals surface area contributed by atoms with Crippen LogP contribution < -0.4 is 0 Å². The van der Waals surface area contributed by atoms with Gasteiger partial charge in [0.15, 0.2) is 0 Å². The van der Waals surface area contributed by atoms with Crippen molar-refractivity contribution in [3.63, 3.8) is 0 Å². The van der Waals surface area contributed by atoms with E-state index in [0.717, 1.165) is 12.8 Å². The number of hydrogen-bond donors (Lipinski definition) is 1. The van der Waals surface area contributed by atoms with Crippen LogP contribution in [0.25, 0.3) is 0 Å². The van der Waals surface area contributed by atoms with Crippen molar-refractivity contribution in [1.29, 1.82) is 0 Å². The van der Waals surface area contributed by atoms with E-state index in [1.165, 1.54) is 0 Å². The van der Waals surface area contributed by atoms with E-state index in [1.807, 2.05) is 13.8 Å². The minimum Gasteiger partial charge on any atom is -0.387 e. The molecule has 0 amide bonds. The van der Waals surface area contributed by atoms with Gasteiger partial charge in [0, 0.05) is 20.0 Å². The Balaban J connectivity index is 2.16. The number of methoxy groups -OCH3 is 1. The molecule has 0 aromatic carbocycles. The molecule has 0 aromatic heterocycles. The zero-order chi connectivity index (χ0) is 9.69. The van der Waals surface area contributed by atoms with Gasteiger partial charge in [0.1, 0.15) is 5.60 Å². The van der Waals surface area contributed by atoms with Gasteiger partial charge in [-0.15, -0.1) is 0 Å². The normalized spacial score (nSPS) is 54.5. The van der Waals surface area contributed by atoms with Crippen molar-refractivity contribution >= 4 is 0 Å². The number of fused-ring (bicyclic) bond motifs is 1. The van der Waals surface area contributed by atoms with Gasteiger partial charge in [-0.25, -0.2) is 0 Å². The van der Waals surface area contributed by atoms with Crippen molar-refractivity contribution < 1.29 is 14.6 Å². The molecule has 1 aliphatic heterocycles. The van der Waals surface area contributed by atoms with Crippen molar-refractivity contribution in [2.75, 3.05) is 7.11 Å². The lowest BCUT2D eigenvalue weighted by molar-refractivity contribution is -0.0830. The number of rotatable bonds is 2. The van der Waals surface area contributed by atoms with Crippen LogP contribution in [0.1, 0.15) is 33.1 Å². The molecule has 2 aliphatic rings. The Labute approximate surface area is 79.0 Å². The summed E-state index contributed by atoms with van der Waals surface area (Å²) in [5.41, 5.74) is -0.979. The molecule has 0 aromatic rings. The number of epoxide rings is 1. The van der Waals surface area contributed by atoms with Crippen LogP contribution in [0.5, 0.6) is 0 Å². The summed E-state index contributed by atoms with van der Waals surface area (Å²) in [6.07, 6.45) is 2.73. The number of ether oxygens (including phenoxy) is 2. The fourth-order valence-electron chi connectivity index (χ4n) is 2.52. The molecule has 1 N–H and O–H groups in total. The SMILES string of the molecule is CCC1(O)CC(OC)CC2OC21C. The first kappa shape index (κ1) is 9.44. The summed E-state index contributed by atoms with van der Waals surface area (Å²) in [4.78, 5) is 0. The lowest BCUT2D eigenvalue weighted by atomic mass is 9.73. The Kier molecular flexibility index (Phi) is 1.95. The van der Waals surface area contributed by atoms with E-state index < -0.39 is 5.60 Å². The zero-order valence-corrected chi connectivity index (χ0v) is 8.54. The molecule has 3 nitrogen and oxygen atoms in total. The molecule has 2 rings (SSSR count). The van der Waals surface area contributed by atoms with Gasteiger partial charge in [-0.2, -0.15) is 0 Å². The van der Waals surface area contributed by atoms with Crippen molar-refractivity contribution in [3.05, 3.63) is 0 Å².